The Balaban J connectivity index is 1.70. The molecule has 1 aliphatic heterocycles. The first-order valence-corrected chi connectivity index (χ1v) is 7.87. The van der Waals surface area contributed by atoms with Crippen molar-refractivity contribution in [2.45, 2.75) is 6.54 Å². The van der Waals surface area contributed by atoms with Gasteiger partial charge in [0, 0.05) is 45.4 Å². The smallest absolute Gasteiger partial charge is 0.248 e. The second-order valence-corrected chi connectivity index (χ2v) is 5.87. The van der Waals surface area contributed by atoms with Gasteiger partial charge in [0.1, 0.15) is 12.4 Å². The molecule has 3 rings (SSSR count). The summed E-state index contributed by atoms with van der Waals surface area (Å²) in [5.74, 6) is 0.377. The van der Waals surface area contributed by atoms with E-state index in [2.05, 4.69) is 11.0 Å². The fourth-order valence-electron chi connectivity index (χ4n) is 3.08. The minimum Gasteiger partial charge on any atom is -0.508 e. The van der Waals surface area contributed by atoms with E-state index in [-0.39, 0.29) is 12.5 Å². The molecule has 0 radical (unpaired) electrons. The quantitative estimate of drug-likeness (QED) is 0.935. The van der Waals surface area contributed by atoms with Crippen LogP contribution < -0.4 is 0 Å². The van der Waals surface area contributed by atoms with E-state index in [4.69, 9.17) is 4.74 Å². The Hall–Kier alpha value is -2.11. The van der Waals surface area contributed by atoms with Crippen molar-refractivity contribution in [2.75, 3.05) is 39.9 Å². The van der Waals surface area contributed by atoms with Gasteiger partial charge in [0.05, 0.1) is 0 Å². The van der Waals surface area contributed by atoms with Crippen LogP contribution in [0.15, 0.2) is 36.4 Å². The molecule has 2 aromatic carbocycles. The summed E-state index contributed by atoms with van der Waals surface area (Å²) in [5.41, 5.74) is 0.958. The Morgan fingerprint density at radius 1 is 1.13 bits per heavy atom. The third-order valence-corrected chi connectivity index (χ3v) is 4.39. The number of fused-ring (bicyclic) bond motifs is 1. The van der Waals surface area contributed by atoms with Crippen molar-refractivity contribution in [3.63, 3.8) is 0 Å². The SMILES string of the molecule is COCC(=O)N1CCN(Cc2c(O)ccc3ccccc23)CC1. The van der Waals surface area contributed by atoms with Crippen LogP contribution in [0, 0.1) is 0 Å². The lowest BCUT2D eigenvalue weighted by molar-refractivity contribution is -0.136. The largest absolute Gasteiger partial charge is 0.508 e. The number of methoxy groups -OCH3 is 1. The molecule has 2 aromatic rings. The molecule has 1 N–H and O–H groups in total. The van der Waals surface area contributed by atoms with Gasteiger partial charge in [0.25, 0.3) is 0 Å². The highest BCUT2D eigenvalue weighted by Crippen LogP contribution is 2.28. The fraction of sp³-hybridized carbons (Fsp3) is 0.389. The normalized spacial score (nSPS) is 16.0. The molecule has 0 unspecified atom stereocenters. The van der Waals surface area contributed by atoms with Crippen LogP contribution in [-0.4, -0.2) is 60.7 Å². The second-order valence-electron chi connectivity index (χ2n) is 5.87. The molecule has 23 heavy (non-hydrogen) atoms. The van der Waals surface area contributed by atoms with Crippen molar-refractivity contribution >= 4 is 16.7 Å². The number of hydrogen-bond donors (Lipinski definition) is 1. The van der Waals surface area contributed by atoms with Crippen molar-refractivity contribution < 1.29 is 14.6 Å². The maximum atomic E-state index is 11.8. The number of hydrogen-bond acceptors (Lipinski definition) is 4. The Morgan fingerprint density at radius 3 is 2.61 bits per heavy atom. The number of phenols is 1. The molecule has 0 atom stereocenters. The predicted octanol–water partition coefficient (Wildman–Crippen LogP) is 1.84. The van der Waals surface area contributed by atoms with Crippen molar-refractivity contribution in [3.05, 3.63) is 42.0 Å². The molecule has 1 aliphatic rings. The molecule has 5 nitrogen and oxygen atoms in total. The molecule has 0 aliphatic carbocycles. The van der Waals surface area contributed by atoms with E-state index in [1.807, 2.05) is 29.2 Å². The lowest BCUT2D eigenvalue weighted by atomic mass is 10.0. The lowest BCUT2D eigenvalue weighted by Crippen LogP contribution is -2.49. The zero-order valence-corrected chi connectivity index (χ0v) is 13.4. The van der Waals surface area contributed by atoms with Crippen LogP contribution in [0.2, 0.25) is 0 Å². The molecule has 1 amide bonds. The average molecular weight is 314 g/mol. The van der Waals surface area contributed by atoms with Crippen LogP contribution in [0.1, 0.15) is 5.56 Å². The summed E-state index contributed by atoms with van der Waals surface area (Å²) in [5, 5.41) is 12.5. The van der Waals surface area contributed by atoms with Crippen LogP contribution in [0.5, 0.6) is 5.75 Å². The monoisotopic (exact) mass is 314 g/mol. The topological polar surface area (TPSA) is 53.0 Å². The number of nitrogens with zero attached hydrogens (tertiary/aromatic N) is 2. The molecule has 122 valence electrons. The van der Waals surface area contributed by atoms with E-state index >= 15 is 0 Å². The summed E-state index contributed by atoms with van der Waals surface area (Å²) >= 11 is 0. The van der Waals surface area contributed by atoms with Crippen molar-refractivity contribution in [1.82, 2.24) is 9.80 Å². The summed E-state index contributed by atoms with van der Waals surface area (Å²) in [7, 11) is 1.54. The summed E-state index contributed by atoms with van der Waals surface area (Å²) in [6.45, 7) is 3.85. The maximum Gasteiger partial charge on any atom is 0.248 e. The van der Waals surface area contributed by atoms with Gasteiger partial charge in [0.15, 0.2) is 0 Å². The van der Waals surface area contributed by atoms with E-state index in [0.29, 0.717) is 25.4 Å². The first-order chi connectivity index (χ1) is 11.2. The zero-order valence-electron chi connectivity index (χ0n) is 13.4. The first-order valence-electron chi connectivity index (χ1n) is 7.87. The third-order valence-electron chi connectivity index (χ3n) is 4.39. The van der Waals surface area contributed by atoms with Crippen LogP contribution in [0.4, 0.5) is 0 Å². The van der Waals surface area contributed by atoms with Gasteiger partial charge in [-0.15, -0.1) is 0 Å². The van der Waals surface area contributed by atoms with Crippen LogP contribution in [0.3, 0.4) is 0 Å². The minimum absolute atomic E-state index is 0.0418. The Bertz CT molecular complexity index is 694. The van der Waals surface area contributed by atoms with Crippen LogP contribution >= 0.6 is 0 Å². The number of benzene rings is 2. The molecule has 1 heterocycles. The van der Waals surface area contributed by atoms with Crippen LogP contribution in [-0.2, 0) is 16.1 Å². The summed E-state index contributed by atoms with van der Waals surface area (Å²) in [6, 6.07) is 11.8. The van der Waals surface area contributed by atoms with Gasteiger partial charge >= 0.3 is 0 Å². The van der Waals surface area contributed by atoms with Gasteiger partial charge in [0.2, 0.25) is 5.91 Å². The van der Waals surface area contributed by atoms with Gasteiger partial charge in [-0.25, -0.2) is 0 Å². The number of carbonyl (C=O) groups excluding carboxylic acids is 1. The van der Waals surface area contributed by atoms with Crippen molar-refractivity contribution in [2.24, 2.45) is 0 Å². The highest BCUT2D eigenvalue weighted by molar-refractivity contribution is 5.87. The molecule has 1 fully saturated rings. The number of carbonyl (C=O) groups is 1. The van der Waals surface area contributed by atoms with E-state index in [9.17, 15) is 9.90 Å². The molecular formula is C18H22N2O3. The lowest BCUT2D eigenvalue weighted by Gasteiger charge is -2.35. The summed E-state index contributed by atoms with van der Waals surface area (Å²) in [4.78, 5) is 15.9. The second kappa shape index (κ2) is 6.98. The standard InChI is InChI=1S/C18H22N2O3/c1-23-13-18(22)20-10-8-19(9-11-20)12-16-15-5-3-2-4-14(15)6-7-17(16)21/h2-7,21H,8-13H2,1H3. The molecule has 1 saturated heterocycles. The van der Waals surface area contributed by atoms with E-state index in [1.165, 1.54) is 7.11 Å². The van der Waals surface area contributed by atoms with E-state index in [0.717, 1.165) is 29.4 Å². The van der Waals surface area contributed by atoms with E-state index in [1.54, 1.807) is 6.07 Å². The highest BCUT2D eigenvalue weighted by atomic mass is 16.5. The Kier molecular flexibility index (Phi) is 4.79. The predicted molar refractivity (Wildman–Crippen MR) is 89.3 cm³/mol. The van der Waals surface area contributed by atoms with E-state index < -0.39 is 0 Å². The number of piperazine rings is 1. The molecule has 5 heteroatoms. The number of phenolic OH excluding ortho intramolecular Hbond substituents is 1. The minimum atomic E-state index is 0.0418. The Morgan fingerprint density at radius 2 is 1.87 bits per heavy atom. The first kappa shape index (κ1) is 15.8. The van der Waals surface area contributed by atoms with Gasteiger partial charge < -0.3 is 14.7 Å². The number of amides is 1. The van der Waals surface area contributed by atoms with Gasteiger partial charge in [-0.1, -0.05) is 30.3 Å². The molecular weight excluding hydrogens is 292 g/mol. The van der Waals surface area contributed by atoms with Gasteiger partial charge in [-0.3, -0.25) is 9.69 Å². The van der Waals surface area contributed by atoms with Gasteiger partial charge in [-0.05, 0) is 16.8 Å². The molecule has 0 aromatic heterocycles. The zero-order chi connectivity index (χ0) is 16.2. The fourth-order valence-corrected chi connectivity index (χ4v) is 3.08. The average Bonchev–Trinajstić information content (AvgIpc) is 2.58. The summed E-state index contributed by atoms with van der Waals surface area (Å²) in [6.07, 6.45) is 0. The molecule has 0 bridgehead atoms. The van der Waals surface area contributed by atoms with Crippen molar-refractivity contribution in [1.29, 1.82) is 0 Å². The highest BCUT2D eigenvalue weighted by Gasteiger charge is 2.22. The number of ether oxygens (including phenoxy) is 1. The third kappa shape index (κ3) is 3.46. The van der Waals surface area contributed by atoms with Crippen molar-refractivity contribution in [3.8, 4) is 5.75 Å². The maximum absolute atomic E-state index is 11.8. The van der Waals surface area contributed by atoms with Crippen LogP contribution in [0.25, 0.3) is 10.8 Å². The number of aromatic hydroxyl groups is 1. The molecule has 0 spiro atoms. The number of rotatable bonds is 4. The Labute approximate surface area is 136 Å². The summed E-state index contributed by atoms with van der Waals surface area (Å²) < 4.78 is 4.91. The van der Waals surface area contributed by atoms with Gasteiger partial charge in [-0.2, -0.15) is 0 Å². The molecule has 0 saturated carbocycles.